The van der Waals surface area contributed by atoms with E-state index in [9.17, 15) is 4.79 Å². The van der Waals surface area contributed by atoms with Gasteiger partial charge in [-0.25, -0.2) is 11.4 Å². The van der Waals surface area contributed by atoms with E-state index in [4.69, 9.17) is 15.8 Å². The lowest BCUT2D eigenvalue weighted by molar-refractivity contribution is 0.0490. The van der Waals surface area contributed by atoms with Crippen LogP contribution in [0, 0.1) is 6.57 Å². The van der Waals surface area contributed by atoms with Crippen LogP contribution in [-0.4, -0.2) is 22.9 Å². The number of rotatable bonds is 3. The minimum Gasteiger partial charge on any atom is -0.444 e. The molecule has 0 unspecified atom stereocenters. The predicted octanol–water partition coefficient (Wildman–Crippen LogP) is 4.13. The van der Waals surface area contributed by atoms with Crippen molar-refractivity contribution in [1.29, 1.82) is 0 Å². The van der Waals surface area contributed by atoms with E-state index >= 15 is 0 Å². The monoisotopic (exact) mass is 331 g/mol. The van der Waals surface area contributed by atoms with Crippen LogP contribution in [0.5, 0.6) is 0 Å². The molecule has 6 nitrogen and oxygen atoms in total. The van der Waals surface area contributed by atoms with E-state index in [0.29, 0.717) is 5.92 Å². The molecule has 3 rings (SSSR count). The molecular weight excluding hydrogens is 306 g/mol. The van der Waals surface area contributed by atoms with Crippen molar-refractivity contribution < 1.29 is 14.1 Å². The van der Waals surface area contributed by atoms with E-state index in [1.54, 1.807) is 0 Å². The van der Waals surface area contributed by atoms with Crippen LogP contribution in [0.15, 0.2) is 10.6 Å². The summed E-state index contributed by atoms with van der Waals surface area (Å²) in [5.74, 6) is 1.21. The number of ether oxygens (including phenoxy) is 1. The Kier molecular flexibility index (Phi) is 4.29. The molecule has 1 amide bonds. The Morgan fingerprint density at radius 3 is 2.58 bits per heavy atom. The van der Waals surface area contributed by atoms with Crippen LogP contribution in [0.3, 0.4) is 0 Å². The first-order valence-electron chi connectivity index (χ1n) is 8.66. The summed E-state index contributed by atoms with van der Waals surface area (Å²) >= 11 is 0. The third-order valence-corrected chi connectivity index (χ3v) is 4.79. The van der Waals surface area contributed by atoms with Gasteiger partial charge in [0.25, 0.3) is 5.54 Å². The summed E-state index contributed by atoms with van der Waals surface area (Å²) in [4.78, 5) is 15.5. The maximum absolute atomic E-state index is 11.8. The highest BCUT2D eigenvalue weighted by molar-refractivity contribution is 5.68. The normalized spacial score (nSPS) is 25.6. The Labute approximate surface area is 142 Å². The van der Waals surface area contributed by atoms with Crippen LogP contribution in [0.4, 0.5) is 4.79 Å². The summed E-state index contributed by atoms with van der Waals surface area (Å²) in [5.41, 5.74) is -0.0855. The molecule has 2 saturated carbocycles. The third kappa shape index (κ3) is 3.72. The molecule has 0 bridgehead atoms. The van der Waals surface area contributed by atoms with Gasteiger partial charge in [0.1, 0.15) is 11.4 Å². The molecule has 1 heterocycles. The van der Waals surface area contributed by atoms with Crippen LogP contribution in [0.2, 0.25) is 0 Å². The molecule has 2 fully saturated rings. The second-order valence-electron chi connectivity index (χ2n) is 7.95. The van der Waals surface area contributed by atoms with Crippen molar-refractivity contribution in [3.05, 3.63) is 28.9 Å². The van der Waals surface area contributed by atoms with E-state index in [0.717, 1.165) is 50.0 Å². The Morgan fingerprint density at radius 2 is 2.04 bits per heavy atom. The molecular formula is C18H25N3O3. The SMILES string of the molecule is [C-]#[N+]C1(c2cc(C3CCC(NC(=O)OC(C)(C)C)CC3)on2)CC1. The second-order valence-corrected chi connectivity index (χ2v) is 7.95. The molecule has 130 valence electrons. The Hall–Kier alpha value is -2.03. The van der Waals surface area contributed by atoms with Crippen molar-refractivity contribution >= 4 is 6.09 Å². The van der Waals surface area contributed by atoms with Gasteiger partial charge < -0.3 is 19.4 Å². The quantitative estimate of drug-likeness (QED) is 0.845. The first-order chi connectivity index (χ1) is 11.3. The van der Waals surface area contributed by atoms with E-state index in [1.807, 2.05) is 26.8 Å². The first-order valence-corrected chi connectivity index (χ1v) is 8.66. The minimum atomic E-state index is -0.473. The number of alkyl carbamates (subject to hydrolysis) is 1. The number of hydrogen-bond acceptors (Lipinski definition) is 4. The predicted molar refractivity (Wildman–Crippen MR) is 88.4 cm³/mol. The van der Waals surface area contributed by atoms with Crippen molar-refractivity contribution in [3.63, 3.8) is 0 Å². The average Bonchev–Trinajstić information content (AvgIpc) is 3.15. The van der Waals surface area contributed by atoms with Gasteiger partial charge in [0, 0.05) is 30.9 Å². The van der Waals surface area contributed by atoms with Crippen molar-refractivity contribution in [1.82, 2.24) is 10.5 Å². The van der Waals surface area contributed by atoms with Gasteiger partial charge in [0.15, 0.2) is 5.69 Å². The van der Waals surface area contributed by atoms with Crippen molar-refractivity contribution in [2.75, 3.05) is 0 Å². The molecule has 1 aromatic heterocycles. The number of amides is 1. The van der Waals surface area contributed by atoms with Crippen molar-refractivity contribution in [2.24, 2.45) is 0 Å². The summed E-state index contributed by atoms with van der Waals surface area (Å²) in [5, 5.41) is 7.07. The van der Waals surface area contributed by atoms with Crippen LogP contribution < -0.4 is 5.32 Å². The maximum Gasteiger partial charge on any atom is 0.407 e. The summed E-state index contributed by atoms with van der Waals surface area (Å²) < 4.78 is 10.8. The molecule has 0 radical (unpaired) electrons. The topological polar surface area (TPSA) is 68.7 Å². The molecule has 0 aromatic carbocycles. The standard InChI is InChI=1S/C18H25N3O3/c1-17(2,3)23-16(22)20-13-7-5-12(6-8-13)14-11-15(21-24-14)18(19-4)9-10-18/h11-13H,5-10H2,1-3H3,(H,20,22). The van der Waals surface area contributed by atoms with Crippen LogP contribution >= 0.6 is 0 Å². The molecule has 24 heavy (non-hydrogen) atoms. The summed E-state index contributed by atoms with van der Waals surface area (Å²) in [6.45, 7) is 12.9. The number of nitrogens with zero attached hydrogens (tertiary/aromatic N) is 2. The van der Waals surface area contributed by atoms with Crippen molar-refractivity contribution in [2.45, 2.75) is 82.4 Å². The fraction of sp³-hybridized carbons (Fsp3) is 0.722. The summed E-state index contributed by atoms with van der Waals surface area (Å²) in [6, 6.07) is 2.12. The van der Waals surface area contributed by atoms with Gasteiger partial charge in [-0.15, -0.1) is 0 Å². The van der Waals surface area contributed by atoms with Crippen LogP contribution in [-0.2, 0) is 10.3 Å². The molecule has 0 spiro atoms. The van der Waals surface area contributed by atoms with Gasteiger partial charge in [-0.2, -0.15) is 0 Å². The zero-order valence-corrected chi connectivity index (χ0v) is 14.6. The molecule has 2 aliphatic carbocycles. The number of carbonyl (C=O) groups excluding carboxylic acids is 1. The van der Waals surface area contributed by atoms with Gasteiger partial charge in [0.05, 0.1) is 0 Å². The number of nitrogens with one attached hydrogen (secondary N) is 1. The Balaban J connectivity index is 1.51. The molecule has 0 saturated heterocycles. The highest BCUT2D eigenvalue weighted by Gasteiger charge is 2.55. The maximum atomic E-state index is 11.8. The van der Waals surface area contributed by atoms with Gasteiger partial charge in [-0.1, -0.05) is 5.16 Å². The van der Waals surface area contributed by atoms with E-state index in [2.05, 4.69) is 15.3 Å². The second kappa shape index (κ2) is 6.12. The minimum absolute atomic E-state index is 0.150. The van der Waals surface area contributed by atoms with E-state index in [1.165, 1.54) is 0 Å². The largest absolute Gasteiger partial charge is 0.444 e. The van der Waals surface area contributed by atoms with Crippen molar-refractivity contribution in [3.8, 4) is 0 Å². The molecule has 6 heteroatoms. The van der Waals surface area contributed by atoms with Crippen LogP contribution in [0.25, 0.3) is 4.85 Å². The Bertz CT molecular complexity index is 641. The van der Waals surface area contributed by atoms with E-state index in [-0.39, 0.29) is 12.1 Å². The smallest absolute Gasteiger partial charge is 0.407 e. The van der Waals surface area contributed by atoms with Gasteiger partial charge in [-0.05, 0) is 46.5 Å². The number of carbonyl (C=O) groups is 1. The van der Waals surface area contributed by atoms with Gasteiger partial charge >= 0.3 is 6.09 Å². The zero-order chi connectivity index (χ0) is 17.4. The highest BCUT2D eigenvalue weighted by Crippen LogP contribution is 2.49. The number of hydrogen-bond donors (Lipinski definition) is 1. The van der Waals surface area contributed by atoms with Gasteiger partial charge in [-0.3, -0.25) is 0 Å². The lowest BCUT2D eigenvalue weighted by Crippen LogP contribution is -2.40. The molecule has 1 N–H and O–H groups in total. The fourth-order valence-corrected chi connectivity index (χ4v) is 3.24. The fourth-order valence-electron chi connectivity index (χ4n) is 3.24. The lowest BCUT2D eigenvalue weighted by Gasteiger charge is -2.29. The zero-order valence-electron chi connectivity index (χ0n) is 14.6. The molecule has 0 atom stereocenters. The Morgan fingerprint density at radius 1 is 1.38 bits per heavy atom. The first kappa shape index (κ1) is 16.8. The molecule has 1 aromatic rings. The lowest BCUT2D eigenvalue weighted by atomic mass is 9.84. The number of aromatic nitrogens is 1. The summed E-state index contributed by atoms with van der Waals surface area (Å²) in [6.07, 6.45) is 5.10. The summed E-state index contributed by atoms with van der Waals surface area (Å²) in [7, 11) is 0. The van der Waals surface area contributed by atoms with Crippen LogP contribution in [0.1, 0.15) is 76.7 Å². The van der Waals surface area contributed by atoms with E-state index < -0.39 is 11.1 Å². The average molecular weight is 331 g/mol. The molecule has 0 aliphatic heterocycles. The highest BCUT2D eigenvalue weighted by atomic mass is 16.6. The third-order valence-electron chi connectivity index (χ3n) is 4.79. The van der Waals surface area contributed by atoms with Gasteiger partial charge in [0.2, 0.25) is 0 Å². The molecule has 2 aliphatic rings.